The second-order valence-electron chi connectivity index (χ2n) is 3.38. The number of aryl methyl sites for hydroxylation is 1. The smallest absolute Gasteiger partial charge is 0.123 e. The zero-order valence-electron chi connectivity index (χ0n) is 8.57. The van der Waals surface area contributed by atoms with Crippen molar-refractivity contribution in [2.75, 3.05) is 0 Å². The van der Waals surface area contributed by atoms with Crippen LogP contribution in [-0.2, 0) is 6.42 Å². The summed E-state index contributed by atoms with van der Waals surface area (Å²) in [5, 5.41) is 0. The van der Waals surface area contributed by atoms with Gasteiger partial charge in [-0.1, -0.05) is 25.1 Å². The SMILES string of the molecule is CCc1cccc(-c2cccc(F)c2)n1. The van der Waals surface area contributed by atoms with Crippen LogP contribution in [0.3, 0.4) is 0 Å². The summed E-state index contributed by atoms with van der Waals surface area (Å²) in [5.41, 5.74) is 2.68. The van der Waals surface area contributed by atoms with Gasteiger partial charge in [-0.05, 0) is 30.7 Å². The van der Waals surface area contributed by atoms with Crippen LogP contribution >= 0.6 is 0 Å². The molecule has 1 heterocycles. The summed E-state index contributed by atoms with van der Waals surface area (Å²) in [4.78, 5) is 4.44. The zero-order chi connectivity index (χ0) is 10.7. The highest BCUT2D eigenvalue weighted by molar-refractivity contribution is 5.58. The Kier molecular flexibility index (Phi) is 2.77. The summed E-state index contributed by atoms with van der Waals surface area (Å²) in [6.07, 6.45) is 0.892. The zero-order valence-corrected chi connectivity index (χ0v) is 8.57. The van der Waals surface area contributed by atoms with Crippen LogP contribution in [0, 0.1) is 5.82 Å². The molecule has 0 spiro atoms. The largest absolute Gasteiger partial charge is 0.253 e. The van der Waals surface area contributed by atoms with Crippen LogP contribution in [0.5, 0.6) is 0 Å². The fourth-order valence-corrected chi connectivity index (χ4v) is 1.49. The lowest BCUT2D eigenvalue weighted by atomic mass is 10.1. The molecule has 0 N–H and O–H groups in total. The molecule has 1 aromatic carbocycles. The molecule has 0 atom stereocenters. The molecule has 0 aliphatic rings. The Morgan fingerprint density at radius 1 is 1.13 bits per heavy atom. The van der Waals surface area contributed by atoms with Crippen LogP contribution in [-0.4, -0.2) is 4.98 Å². The lowest BCUT2D eigenvalue weighted by Crippen LogP contribution is -1.89. The van der Waals surface area contributed by atoms with Crippen LogP contribution in [0.15, 0.2) is 42.5 Å². The third kappa shape index (κ3) is 2.21. The van der Waals surface area contributed by atoms with Crippen LogP contribution in [0.1, 0.15) is 12.6 Å². The Bertz CT molecular complexity index is 466. The molecule has 1 nitrogen and oxygen atoms in total. The molecule has 0 fully saturated rings. The average molecular weight is 201 g/mol. The van der Waals surface area contributed by atoms with Gasteiger partial charge >= 0.3 is 0 Å². The fraction of sp³-hybridized carbons (Fsp3) is 0.154. The molecular weight excluding hydrogens is 189 g/mol. The first-order valence-electron chi connectivity index (χ1n) is 5.01. The highest BCUT2D eigenvalue weighted by Gasteiger charge is 2.00. The quantitative estimate of drug-likeness (QED) is 0.725. The number of halogens is 1. The number of hydrogen-bond acceptors (Lipinski definition) is 1. The maximum absolute atomic E-state index is 13.0. The van der Waals surface area contributed by atoms with Gasteiger partial charge in [0.2, 0.25) is 0 Å². The molecule has 15 heavy (non-hydrogen) atoms. The summed E-state index contributed by atoms with van der Waals surface area (Å²) in [7, 11) is 0. The van der Waals surface area contributed by atoms with Crippen molar-refractivity contribution in [3.63, 3.8) is 0 Å². The number of benzene rings is 1. The molecule has 2 rings (SSSR count). The number of rotatable bonds is 2. The van der Waals surface area contributed by atoms with Crippen molar-refractivity contribution >= 4 is 0 Å². The standard InChI is InChI=1S/C13H12FN/c1-2-12-7-4-8-13(15-12)10-5-3-6-11(14)9-10/h3-9H,2H2,1H3. The molecule has 0 amide bonds. The summed E-state index contributed by atoms with van der Waals surface area (Å²) in [5.74, 6) is -0.226. The van der Waals surface area contributed by atoms with E-state index in [1.807, 2.05) is 24.3 Å². The fourth-order valence-electron chi connectivity index (χ4n) is 1.49. The third-order valence-corrected chi connectivity index (χ3v) is 2.29. The molecule has 2 aromatic rings. The molecule has 2 heteroatoms. The van der Waals surface area contributed by atoms with Gasteiger partial charge in [0.25, 0.3) is 0 Å². The molecule has 0 radical (unpaired) electrons. The number of aromatic nitrogens is 1. The topological polar surface area (TPSA) is 12.9 Å². The van der Waals surface area contributed by atoms with Gasteiger partial charge in [0, 0.05) is 11.3 Å². The van der Waals surface area contributed by atoms with Crippen LogP contribution in [0.4, 0.5) is 4.39 Å². The highest BCUT2D eigenvalue weighted by Crippen LogP contribution is 2.18. The predicted molar refractivity (Wildman–Crippen MR) is 59.0 cm³/mol. The molecule has 0 saturated heterocycles. The summed E-state index contributed by atoms with van der Waals surface area (Å²) < 4.78 is 13.0. The van der Waals surface area contributed by atoms with E-state index in [4.69, 9.17) is 0 Å². The molecular formula is C13H12FN. The second-order valence-corrected chi connectivity index (χ2v) is 3.38. The molecule has 0 bridgehead atoms. The molecule has 0 saturated carbocycles. The van der Waals surface area contributed by atoms with Gasteiger partial charge in [0.1, 0.15) is 5.82 Å². The second kappa shape index (κ2) is 4.22. The lowest BCUT2D eigenvalue weighted by Gasteiger charge is -2.02. The van der Waals surface area contributed by atoms with E-state index < -0.39 is 0 Å². The minimum Gasteiger partial charge on any atom is -0.253 e. The van der Waals surface area contributed by atoms with Crippen molar-refractivity contribution in [3.05, 3.63) is 54.0 Å². The summed E-state index contributed by atoms with van der Waals surface area (Å²) in [6, 6.07) is 12.3. The van der Waals surface area contributed by atoms with E-state index in [2.05, 4.69) is 11.9 Å². The predicted octanol–water partition coefficient (Wildman–Crippen LogP) is 3.45. The monoisotopic (exact) mass is 201 g/mol. The van der Waals surface area contributed by atoms with Crippen molar-refractivity contribution in [1.29, 1.82) is 0 Å². The van der Waals surface area contributed by atoms with Crippen molar-refractivity contribution in [2.45, 2.75) is 13.3 Å². The van der Waals surface area contributed by atoms with E-state index >= 15 is 0 Å². The van der Waals surface area contributed by atoms with Gasteiger partial charge in [-0.25, -0.2) is 4.39 Å². The van der Waals surface area contributed by atoms with E-state index in [9.17, 15) is 4.39 Å². The molecule has 76 valence electrons. The van der Waals surface area contributed by atoms with Gasteiger partial charge in [0.15, 0.2) is 0 Å². The molecule has 0 unspecified atom stereocenters. The van der Waals surface area contributed by atoms with Gasteiger partial charge < -0.3 is 0 Å². The maximum atomic E-state index is 13.0. The van der Waals surface area contributed by atoms with Crippen molar-refractivity contribution in [1.82, 2.24) is 4.98 Å². The summed E-state index contributed by atoms with van der Waals surface area (Å²) in [6.45, 7) is 2.05. The maximum Gasteiger partial charge on any atom is 0.123 e. The van der Waals surface area contributed by atoms with Crippen LogP contribution < -0.4 is 0 Å². The van der Waals surface area contributed by atoms with E-state index in [1.54, 1.807) is 6.07 Å². The Morgan fingerprint density at radius 2 is 1.93 bits per heavy atom. The Balaban J connectivity index is 2.44. The minimum absolute atomic E-state index is 0.226. The van der Waals surface area contributed by atoms with Crippen molar-refractivity contribution in [2.24, 2.45) is 0 Å². The van der Waals surface area contributed by atoms with E-state index in [1.165, 1.54) is 12.1 Å². The van der Waals surface area contributed by atoms with Gasteiger partial charge in [0.05, 0.1) is 5.69 Å². The Labute approximate surface area is 88.6 Å². The molecule has 1 aromatic heterocycles. The lowest BCUT2D eigenvalue weighted by molar-refractivity contribution is 0.628. The Hall–Kier alpha value is -1.70. The van der Waals surface area contributed by atoms with Gasteiger partial charge in [-0.2, -0.15) is 0 Å². The normalized spacial score (nSPS) is 10.3. The first-order valence-corrected chi connectivity index (χ1v) is 5.01. The average Bonchev–Trinajstić information content (AvgIpc) is 2.29. The number of nitrogens with zero attached hydrogens (tertiary/aromatic N) is 1. The van der Waals surface area contributed by atoms with Crippen molar-refractivity contribution < 1.29 is 4.39 Å². The van der Waals surface area contributed by atoms with Crippen LogP contribution in [0.2, 0.25) is 0 Å². The van der Waals surface area contributed by atoms with Gasteiger partial charge in [-0.3, -0.25) is 4.98 Å². The van der Waals surface area contributed by atoms with E-state index in [0.29, 0.717) is 0 Å². The minimum atomic E-state index is -0.226. The number of hydrogen-bond donors (Lipinski definition) is 0. The molecule has 0 aliphatic carbocycles. The third-order valence-electron chi connectivity index (χ3n) is 2.29. The number of pyridine rings is 1. The summed E-state index contributed by atoms with van der Waals surface area (Å²) >= 11 is 0. The van der Waals surface area contributed by atoms with Crippen molar-refractivity contribution in [3.8, 4) is 11.3 Å². The molecule has 0 aliphatic heterocycles. The van der Waals surface area contributed by atoms with Crippen LogP contribution in [0.25, 0.3) is 11.3 Å². The first-order chi connectivity index (χ1) is 7.29. The first kappa shape index (κ1) is 9.84. The van der Waals surface area contributed by atoms with Gasteiger partial charge in [-0.15, -0.1) is 0 Å². The van der Waals surface area contributed by atoms with E-state index in [0.717, 1.165) is 23.4 Å². The Morgan fingerprint density at radius 3 is 2.67 bits per heavy atom. The highest BCUT2D eigenvalue weighted by atomic mass is 19.1. The van der Waals surface area contributed by atoms with E-state index in [-0.39, 0.29) is 5.82 Å².